The summed E-state index contributed by atoms with van der Waals surface area (Å²) in [4.78, 5) is 10.6. The van der Waals surface area contributed by atoms with Gasteiger partial charge in [-0.25, -0.2) is 0 Å². The number of rotatable bonds is 8. The van der Waals surface area contributed by atoms with E-state index in [0.29, 0.717) is 18.7 Å². The molecule has 0 unspecified atom stereocenters. The minimum Gasteiger partial charge on any atom is -0.489 e. The standard InChI is InChI=1S/C18H19N3O2/c19-11-15-2-1-3-16(10-15)13-23-17-6-4-14(5-7-17)8-9-21-12-18(20)22/h1-7,10,21H,8-9,12-13H2,(H2,20,22). The van der Waals surface area contributed by atoms with Gasteiger partial charge in [0.2, 0.25) is 5.91 Å². The molecule has 118 valence electrons. The zero-order valence-electron chi connectivity index (χ0n) is 12.8. The van der Waals surface area contributed by atoms with Gasteiger partial charge in [-0.2, -0.15) is 5.26 Å². The highest BCUT2D eigenvalue weighted by Gasteiger charge is 1.99. The van der Waals surface area contributed by atoms with Crippen LogP contribution in [0.4, 0.5) is 0 Å². The molecule has 23 heavy (non-hydrogen) atoms. The first-order valence-electron chi connectivity index (χ1n) is 7.37. The van der Waals surface area contributed by atoms with Crippen LogP contribution in [-0.2, 0) is 17.8 Å². The number of hydrogen-bond acceptors (Lipinski definition) is 4. The molecule has 0 spiro atoms. The van der Waals surface area contributed by atoms with Crippen molar-refractivity contribution < 1.29 is 9.53 Å². The summed E-state index contributed by atoms with van der Waals surface area (Å²) in [6, 6.07) is 17.3. The van der Waals surface area contributed by atoms with Gasteiger partial charge < -0.3 is 15.8 Å². The Hall–Kier alpha value is -2.84. The van der Waals surface area contributed by atoms with Gasteiger partial charge in [-0.3, -0.25) is 4.79 Å². The smallest absolute Gasteiger partial charge is 0.231 e. The second-order valence-electron chi connectivity index (χ2n) is 5.14. The molecule has 5 nitrogen and oxygen atoms in total. The van der Waals surface area contributed by atoms with Crippen LogP contribution >= 0.6 is 0 Å². The lowest BCUT2D eigenvalue weighted by atomic mass is 10.1. The number of carbonyl (C=O) groups is 1. The SMILES string of the molecule is N#Cc1cccc(COc2ccc(CCNCC(N)=O)cc2)c1. The molecule has 0 radical (unpaired) electrons. The summed E-state index contributed by atoms with van der Waals surface area (Å²) in [6.45, 7) is 1.32. The molecule has 0 aliphatic rings. The number of nitrogens with two attached hydrogens (primary N) is 1. The van der Waals surface area contributed by atoms with E-state index in [2.05, 4.69) is 11.4 Å². The third kappa shape index (κ3) is 5.81. The summed E-state index contributed by atoms with van der Waals surface area (Å²) < 4.78 is 5.72. The van der Waals surface area contributed by atoms with Gasteiger partial charge in [-0.15, -0.1) is 0 Å². The molecule has 0 saturated heterocycles. The van der Waals surface area contributed by atoms with Gasteiger partial charge in [0.1, 0.15) is 12.4 Å². The highest BCUT2D eigenvalue weighted by Crippen LogP contribution is 2.15. The number of nitriles is 1. The molecule has 0 aliphatic heterocycles. The summed E-state index contributed by atoms with van der Waals surface area (Å²) in [5.41, 5.74) is 7.80. The minimum atomic E-state index is -0.353. The molecule has 0 fully saturated rings. The van der Waals surface area contributed by atoms with E-state index in [9.17, 15) is 4.79 Å². The second kappa shape index (κ2) is 8.57. The van der Waals surface area contributed by atoms with Crippen LogP contribution in [0.2, 0.25) is 0 Å². The predicted octanol–water partition coefficient (Wildman–Crippen LogP) is 1.75. The van der Waals surface area contributed by atoms with Crippen molar-refractivity contribution >= 4 is 5.91 Å². The van der Waals surface area contributed by atoms with Crippen LogP contribution < -0.4 is 15.8 Å². The third-order valence-electron chi connectivity index (χ3n) is 3.27. The predicted molar refractivity (Wildman–Crippen MR) is 87.7 cm³/mol. The number of ether oxygens (including phenoxy) is 1. The van der Waals surface area contributed by atoms with E-state index in [1.54, 1.807) is 6.07 Å². The average Bonchev–Trinajstić information content (AvgIpc) is 2.58. The van der Waals surface area contributed by atoms with Gasteiger partial charge >= 0.3 is 0 Å². The van der Waals surface area contributed by atoms with Crippen LogP contribution in [0.5, 0.6) is 5.75 Å². The van der Waals surface area contributed by atoms with Crippen LogP contribution in [0.15, 0.2) is 48.5 Å². The lowest BCUT2D eigenvalue weighted by Crippen LogP contribution is -2.29. The van der Waals surface area contributed by atoms with Gasteiger partial charge in [-0.1, -0.05) is 24.3 Å². The van der Waals surface area contributed by atoms with Crippen molar-refractivity contribution in [1.82, 2.24) is 5.32 Å². The molecule has 2 rings (SSSR count). The van der Waals surface area contributed by atoms with Gasteiger partial charge in [0.15, 0.2) is 0 Å². The number of benzene rings is 2. The lowest BCUT2D eigenvalue weighted by Gasteiger charge is -2.08. The molecule has 0 aromatic heterocycles. The number of primary amides is 1. The van der Waals surface area contributed by atoms with Crippen molar-refractivity contribution in [2.24, 2.45) is 5.73 Å². The fraction of sp³-hybridized carbons (Fsp3) is 0.222. The number of nitrogens with one attached hydrogen (secondary N) is 1. The van der Waals surface area contributed by atoms with Crippen LogP contribution in [-0.4, -0.2) is 19.0 Å². The zero-order chi connectivity index (χ0) is 16.5. The number of nitrogens with zero attached hydrogens (tertiary/aromatic N) is 1. The quantitative estimate of drug-likeness (QED) is 0.727. The Labute approximate surface area is 135 Å². The van der Waals surface area contributed by atoms with Crippen molar-refractivity contribution in [2.45, 2.75) is 13.0 Å². The molecule has 0 heterocycles. The van der Waals surface area contributed by atoms with Gasteiger partial charge in [0.05, 0.1) is 18.2 Å². The van der Waals surface area contributed by atoms with Gasteiger partial charge in [0, 0.05) is 0 Å². The van der Waals surface area contributed by atoms with E-state index in [1.165, 1.54) is 0 Å². The fourth-order valence-corrected chi connectivity index (χ4v) is 2.09. The Morgan fingerprint density at radius 3 is 2.65 bits per heavy atom. The molecule has 2 aromatic carbocycles. The third-order valence-corrected chi connectivity index (χ3v) is 3.27. The Bertz CT molecular complexity index is 690. The molecule has 0 bridgehead atoms. The average molecular weight is 309 g/mol. The zero-order valence-corrected chi connectivity index (χ0v) is 12.8. The van der Waals surface area contributed by atoms with Gasteiger partial charge in [-0.05, 0) is 48.4 Å². The van der Waals surface area contributed by atoms with E-state index in [4.69, 9.17) is 15.7 Å². The van der Waals surface area contributed by atoms with Gasteiger partial charge in [0.25, 0.3) is 0 Å². The Kier molecular flexibility index (Phi) is 6.16. The molecule has 5 heteroatoms. The monoisotopic (exact) mass is 309 g/mol. The van der Waals surface area contributed by atoms with Crippen molar-refractivity contribution in [3.05, 3.63) is 65.2 Å². The fourth-order valence-electron chi connectivity index (χ4n) is 2.09. The van der Waals surface area contributed by atoms with Crippen LogP contribution in [0.3, 0.4) is 0 Å². The van der Waals surface area contributed by atoms with E-state index >= 15 is 0 Å². The molecule has 0 atom stereocenters. The van der Waals surface area contributed by atoms with Crippen molar-refractivity contribution in [3.8, 4) is 11.8 Å². The topological polar surface area (TPSA) is 88.1 Å². The molecular formula is C18H19N3O2. The molecular weight excluding hydrogens is 290 g/mol. The van der Waals surface area contributed by atoms with E-state index < -0.39 is 0 Å². The molecule has 3 N–H and O–H groups in total. The van der Waals surface area contributed by atoms with Crippen LogP contribution in [0.1, 0.15) is 16.7 Å². The van der Waals surface area contributed by atoms with Crippen LogP contribution in [0.25, 0.3) is 0 Å². The maximum atomic E-state index is 10.6. The molecule has 2 aromatic rings. The molecule has 0 saturated carbocycles. The number of hydrogen-bond donors (Lipinski definition) is 2. The maximum absolute atomic E-state index is 10.6. The summed E-state index contributed by atoms with van der Waals surface area (Å²) >= 11 is 0. The minimum absolute atomic E-state index is 0.197. The largest absolute Gasteiger partial charge is 0.489 e. The van der Waals surface area contributed by atoms with Crippen molar-refractivity contribution in [2.75, 3.05) is 13.1 Å². The molecule has 0 aliphatic carbocycles. The number of amides is 1. The van der Waals surface area contributed by atoms with Crippen molar-refractivity contribution in [3.63, 3.8) is 0 Å². The normalized spacial score (nSPS) is 10.0. The Morgan fingerprint density at radius 2 is 1.96 bits per heavy atom. The first-order valence-corrected chi connectivity index (χ1v) is 7.37. The summed E-state index contributed by atoms with van der Waals surface area (Å²) in [6.07, 6.45) is 0.817. The highest BCUT2D eigenvalue weighted by atomic mass is 16.5. The van der Waals surface area contributed by atoms with Crippen molar-refractivity contribution in [1.29, 1.82) is 5.26 Å². The highest BCUT2D eigenvalue weighted by molar-refractivity contribution is 5.75. The summed E-state index contributed by atoms with van der Waals surface area (Å²) in [7, 11) is 0. The number of carbonyl (C=O) groups excluding carboxylic acids is 1. The summed E-state index contributed by atoms with van der Waals surface area (Å²) in [5, 5.41) is 11.8. The van der Waals surface area contributed by atoms with E-state index in [-0.39, 0.29) is 12.5 Å². The lowest BCUT2D eigenvalue weighted by molar-refractivity contribution is -0.117. The Balaban J connectivity index is 1.80. The van der Waals surface area contributed by atoms with E-state index in [0.717, 1.165) is 23.3 Å². The second-order valence-corrected chi connectivity index (χ2v) is 5.14. The summed E-state index contributed by atoms with van der Waals surface area (Å²) in [5.74, 6) is 0.426. The maximum Gasteiger partial charge on any atom is 0.231 e. The first-order chi connectivity index (χ1) is 11.2. The van der Waals surface area contributed by atoms with Crippen LogP contribution in [0, 0.1) is 11.3 Å². The Morgan fingerprint density at radius 1 is 1.17 bits per heavy atom. The molecule has 1 amide bonds. The van der Waals surface area contributed by atoms with E-state index in [1.807, 2.05) is 42.5 Å². The first kappa shape index (κ1) is 16.5.